The molecule has 21 heavy (non-hydrogen) atoms. The van der Waals surface area contributed by atoms with E-state index in [0.717, 1.165) is 25.1 Å². The van der Waals surface area contributed by atoms with E-state index in [4.69, 9.17) is 0 Å². The third kappa shape index (κ3) is 2.95. The number of carbonyl (C=O) groups is 1. The van der Waals surface area contributed by atoms with Gasteiger partial charge in [0.2, 0.25) is 0 Å². The summed E-state index contributed by atoms with van der Waals surface area (Å²) in [5.74, 6) is 0.232. The van der Waals surface area contributed by atoms with Crippen LogP contribution >= 0.6 is 0 Å². The molecule has 2 heterocycles. The van der Waals surface area contributed by atoms with Crippen LogP contribution in [0.3, 0.4) is 0 Å². The molecule has 1 aliphatic heterocycles. The van der Waals surface area contributed by atoms with Gasteiger partial charge in [0.05, 0.1) is 5.69 Å². The largest absolute Gasteiger partial charge is 0.396 e. The molecule has 1 saturated heterocycles. The standard InChI is InChI=1S/C15H18N4O2/c20-9-12-2-1-7-18(8-12)15(21)13-3-5-14(6-4-13)19-11-16-10-17-19/h3-6,10-12,20H,1-2,7-9H2. The van der Waals surface area contributed by atoms with Gasteiger partial charge < -0.3 is 10.0 Å². The van der Waals surface area contributed by atoms with E-state index in [1.54, 1.807) is 11.0 Å². The van der Waals surface area contributed by atoms with Gasteiger partial charge in [0.15, 0.2) is 0 Å². The Morgan fingerprint density at radius 2 is 2.14 bits per heavy atom. The van der Waals surface area contributed by atoms with E-state index in [9.17, 15) is 9.90 Å². The van der Waals surface area contributed by atoms with E-state index >= 15 is 0 Å². The zero-order valence-electron chi connectivity index (χ0n) is 11.7. The average molecular weight is 286 g/mol. The van der Waals surface area contributed by atoms with Crippen LogP contribution in [-0.4, -0.2) is 50.4 Å². The van der Waals surface area contributed by atoms with E-state index in [1.807, 2.05) is 29.2 Å². The Hall–Kier alpha value is -2.21. The minimum atomic E-state index is 0.0262. The molecule has 0 spiro atoms. The van der Waals surface area contributed by atoms with Crippen molar-refractivity contribution in [3.05, 3.63) is 42.5 Å². The maximum Gasteiger partial charge on any atom is 0.253 e. The van der Waals surface area contributed by atoms with Crippen molar-refractivity contribution in [1.29, 1.82) is 0 Å². The second kappa shape index (κ2) is 6.05. The molecule has 6 nitrogen and oxygen atoms in total. The van der Waals surface area contributed by atoms with E-state index in [2.05, 4.69) is 10.1 Å². The molecular formula is C15H18N4O2. The number of piperidine rings is 1. The van der Waals surface area contributed by atoms with Crippen molar-refractivity contribution >= 4 is 5.91 Å². The Morgan fingerprint density at radius 1 is 1.33 bits per heavy atom. The molecule has 1 aromatic carbocycles. The highest BCUT2D eigenvalue weighted by atomic mass is 16.3. The van der Waals surface area contributed by atoms with E-state index in [1.165, 1.54) is 6.33 Å². The molecule has 0 saturated carbocycles. The van der Waals surface area contributed by atoms with Gasteiger partial charge in [0.25, 0.3) is 5.91 Å². The topological polar surface area (TPSA) is 71.2 Å². The summed E-state index contributed by atoms with van der Waals surface area (Å²) in [5, 5.41) is 13.3. The first kappa shape index (κ1) is 13.8. The molecule has 1 aliphatic rings. The van der Waals surface area contributed by atoms with Crippen LogP contribution in [0.4, 0.5) is 0 Å². The van der Waals surface area contributed by atoms with Crippen molar-refractivity contribution in [1.82, 2.24) is 19.7 Å². The fourth-order valence-electron chi connectivity index (χ4n) is 2.68. The maximum atomic E-state index is 12.5. The van der Waals surface area contributed by atoms with Crippen LogP contribution in [0.1, 0.15) is 23.2 Å². The minimum Gasteiger partial charge on any atom is -0.396 e. The zero-order chi connectivity index (χ0) is 14.7. The molecule has 1 atom stereocenters. The summed E-state index contributed by atoms with van der Waals surface area (Å²) in [6.45, 7) is 1.55. The molecule has 6 heteroatoms. The fourth-order valence-corrected chi connectivity index (χ4v) is 2.68. The summed E-state index contributed by atoms with van der Waals surface area (Å²) in [6.07, 6.45) is 5.04. The average Bonchev–Trinajstić information content (AvgIpc) is 3.09. The molecule has 1 N–H and O–H groups in total. The van der Waals surface area contributed by atoms with Crippen molar-refractivity contribution < 1.29 is 9.90 Å². The Kier molecular flexibility index (Phi) is 3.96. The predicted octanol–water partition coefficient (Wildman–Crippen LogP) is 1.11. The lowest BCUT2D eigenvalue weighted by molar-refractivity contribution is 0.0620. The van der Waals surface area contributed by atoms with E-state index in [0.29, 0.717) is 12.1 Å². The lowest BCUT2D eigenvalue weighted by atomic mass is 9.98. The highest BCUT2D eigenvalue weighted by molar-refractivity contribution is 5.94. The van der Waals surface area contributed by atoms with Gasteiger partial charge >= 0.3 is 0 Å². The SMILES string of the molecule is O=C(c1ccc(-n2cncn2)cc1)N1CCCC(CO)C1. The van der Waals surface area contributed by atoms with Gasteiger partial charge in [-0.25, -0.2) is 9.67 Å². The van der Waals surface area contributed by atoms with Gasteiger partial charge in [-0.15, -0.1) is 0 Å². The van der Waals surface area contributed by atoms with Crippen molar-refractivity contribution in [3.63, 3.8) is 0 Å². The number of benzene rings is 1. The third-order valence-corrected chi connectivity index (χ3v) is 3.86. The van der Waals surface area contributed by atoms with Crippen molar-refractivity contribution in [2.75, 3.05) is 19.7 Å². The van der Waals surface area contributed by atoms with E-state index < -0.39 is 0 Å². The molecule has 1 unspecified atom stereocenters. The second-order valence-corrected chi connectivity index (χ2v) is 5.33. The first-order valence-corrected chi connectivity index (χ1v) is 7.13. The summed E-state index contributed by atoms with van der Waals surface area (Å²) < 4.78 is 1.65. The Bertz CT molecular complexity index is 595. The highest BCUT2D eigenvalue weighted by Gasteiger charge is 2.23. The maximum absolute atomic E-state index is 12.5. The van der Waals surface area contributed by atoms with Gasteiger partial charge in [-0.3, -0.25) is 4.79 Å². The fraction of sp³-hybridized carbons (Fsp3) is 0.400. The first-order valence-electron chi connectivity index (χ1n) is 7.13. The van der Waals surface area contributed by atoms with E-state index in [-0.39, 0.29) is 18.4 Å². The number of nitrogens with zero attached hydrogens (tertiary/aromatic N) is 4. The summed E-state index contributed by atoms with van der Waals surface area (Å²) in [4.78, 5) is 18.2. The first-order chi connectivity index (χ1) is 10.3. The molecule has 0 radical (unpaired) electrons. The molecule has 1 aromatic heterocycles. The van der Waals surface area contributed by atoms with Crippen LogP contribution in [0.25, 0.3) is 5.69 Å². The zero-order valence-corrected chi connectivity index (χ0v) is 11.7. The van der Waals surface area contributed by atoms with Crippen molar-refractivity contribution in [2.24, 2.45) is 5.92 Å². The Morgan fingerprint density at radius 3 is 2.81 bits per heavy atom. The molecule has 0 aliphatic carbocycles. The number of likely N-dealkylation sites (tertiary alicyclic amines) is 1. The molecule has 110 valence electrons. The third-order valence-electron chi connectivity index (χ3n) is 3.86. The molecular weight excluding hydrogens is 268 g/mol. The van der Waals surface area contributed by atoms with Crippen LogP contribution < -0.4 is 0 Å². The summed E-state index contributed by atoms with van der Waals surface area (Å²) >= 11 is 0. The van der Waals surface area contributed by atoms with Gasteiger partial charge in [-0.05, 0) is 43.0 Å². The number of hydrogen-bond donors (Lipinski definition) is 1. The van der Waals surface area contributed by atoms with Gasteiger partial charge in [-0.2, -0.15) is 5.10 Å². The quantitative estimate of drug-likeness (QED) is 0.917. The van der Waals surface area contributed by atoms with Gasteiger partial charge in [0, 0.05) is 25.3 Å². The Labute approximate surface area is 123 Å². The second-order valence-electron chi connectivity index (χ2n) is 5.33. The number of rotatable bonds is 3. The molecule has 1 fully saturated rings. The molecule has 1 amide bonds. The van der Waals surface area contributed by atoms with Gasteiger partial charge in [0.1, 0.15) is 12.7 Å². The van der Waals surface area contributed by atoms with Crippen LogP contribution in [0.5, 0.6) is 0 Å². The van der Waals surface area contributed by atoms with Gasteiger partial charge in [-0.1, -0.05) is 0 Å². The summed E-state index contributed by atoms with van der Waals surface area (Å²) in [6, 6.07) is 7.33. The number of aromatic nitrogens is 3. The monoisotopic (exact) mass is 286 g/mol. The predicted molar refractivity (Wildman–Crippen MR) is 77.1 cm³/mol. The highest BCUT2D eigenvalue weighted by Crippen LogP contribution is 2.18. The lowest BCUT2D eigenvalue weighted by Crippen LogP contribution is -2.40. The van der Waals surface area contributed by atoms with Crippen LogP contribution in [0, 0.1) is 5.92 Å². The molecule has 3 rings (SSSR count). The van der Waals surface area contributed by atoms with Crippen LogP contribution in [0.15, 0.2) is 36.9 Å². The molecule has 2 aromatic rings. The van der Waals surface area contributed by atoms with Crippen LogP contribution in [0.2, 0.25) is 0 Å². The normalized spacial score (nSPS) is 18.7. The van der Waals surface area contributed by atoms with Crippen molar-refractivity contribution in [2.45, 2.75) is 12.8 Å². The van der Waals surface area contributed by atoms with Crippen molar-refractivity contribution in [3.8, 4) is 5.69 Å². The number of carbonyl (C=O) groups excluding carboxylic acids is 1. The Balaban J connectivity index is 1.73. The number of amides is 1. The summed E-state index contributed by atoms with van der Waals surface area (Å²) in [5.41, 5.74) is 1.54. The summed E-state index contributed by atoms with van der Waals surface area (Å²) in [7, 11) is 0. The number of hydrogen-bond acceptors (Lipinski definition) is 4. The number of aliphatic hydroxyl groups excluding tert-OH is 1. The molecule has 0 bridgehead atoms. The number of aliphatic hydroxyl groups is 1. The lowest BCUT2D eigenvalue weighted by Gasteiger charge is -2.31. The minimum absolute atomic E-state index is 0.0262. The smallest absolute Gasteiger partial charge is 0.253 e. The van der Waals surface area contributed by atoms with Crippen LogP contribution in [-0.2, 0) is 0 Å².